The summed E-state index contributed by atoms with van der Waals surface area (Å²) in [5.74, 6) is 0. The molecule has 2 heteroatoms. The molecule has 0 heterocycles. The van der Waals surface area contributed by atoms with E-state index in [1.165, 1.54) is 11.1 Å². The normalized spacial score (nSPS) is 14.7. The Morgan fingerprint density at radius 1 is 1.27 bits per heavy atom. The van der Waals surface area contributed by atoms with E-state index in [9.17, 15) is 5.26 Å². The van der Waals surface area contributed by atoms with Gasteiger partial charge in [-0.2, -0.15) is 5.26 Å². The first-order valence-electron chi connectivity index (χ1n) is 5.12. The van der Waals surface area contributed by atoms with Crippen LogP contribution in [0, 0.1) is 18.3 Å². The van der Waals surface area contributed by atoms with Crippen molar-refractivity contribution in [2.24, 2.45) is 0 Å². The molecule has 1 atom stereocenters. The van der Waals surface area contributed by atoms with E-state index in [2.05, 4.69) is 37.3 Å². The minimum Gasteiger partial charge on any atom is -0.292 e. The Morgan fingerprint density at radius 3 is 2.20 bits per heavy atom. The molecule has 0 spiro atoms. The van der Waals surface area contributed by atoms with E-state index in [-0.39, 0.29) is 0 Å². The van der Waals surface area contributed by atoms with Gasteiger partial charge in [-0.25, -0.2) is 0 Å². The first kappa shape index (κ1) is 11.7. The molecule has 0 aliphatic heterocycles. The standard InChI is InChI=1S/C13H18N2/c1-11-5-7-12(8-6-11)9-13(2,10-14)15(3)4/h5-8H,9H2,1-4H3. The van der Waals surface area contributed by atoms with Crippen LogP contribution < -0.4 is 0 Å². The summed E-state index contributed by atoms with van der Waals surface area (Å²) in [5, 5.41) is 9.18. The lowest BCUT2D eigenvalue weighted by Gasteiger charge is -2.29. The largest absolute Gasteiger partial charge is 0.292 e. The first-order valence-corrected chi connectivity index (χ1v) is 5.12. The Balaban J connectivity index is 2.85. The number of hydrogen-bond acceptors (Lipinski definition) is 2. The average molecular weight is 202 g/mol. The van der Waals surface area contributed by atoms with Crippen LogP contribution in [0.1, 0.15) is 18.1 Å². The second-order valence-electron chi connectivity index (χ2n) is 4.44. The second kappa shape index (κ2) is 4.46. The van der Waals surface area contributed by atoms with E-state index in [1.54, 1.807) is 0 Å². The maximum absolute atomic E-state index is 9.18. The number of hydrogen-bond donors (Lipinski definition) is 0. The molecule has 1 aromatic carbocycles. The maximum atomic E-state index is 9.18. The van der Waals surface area contributed by atoms with Crippen LogP contribution in [0.3, 0.4) is 0 Å². The van der Waals surface area contributed by atoms with Crippen molar-refractivity contribution in [2.45, 2.75) is 25.8 Å². The zero-order valence-electron chi connectivity index (χ0n) is 9.91. The van der Waals surface area contributed by atoms with Crippen molar-refractivity contribution >= 4 is 0 Å². The summed E-state index contributed by atoms with van der Waals surface area (Å²) in [6.07, 6.45) is 0.761. The molecule has 0 bridgehead atoms. The Bertz CT molecular complexity index is 359. The lowest BCUT2D eigenvalue weighted by Crippen LogP contribution is -2.41. The topological polar surface area (TPSA) is 27.0 Å². The summed E-state index contributed by atoms with van der Waals surface area (Å²) in [7, 11) is 3.88. The van der Waals surface area contributed by atoms with Gasteiger partial charge in [0.05, 0.1) is 6.07 Å². The van der Waals surface area contributed by atoms with Crippen molar-refractivity contribution < 1.29 is 0 Å². The van der Waals surface area contributed by atoms with Crippen LogP contribution in [0.4, 0.5) is 0 Å². The first-order chi connectivity index (χ1) is 6.98. The van der Waals surface area contributed by atoms with Crippen molar-refractivity contribution in [3.8, 4) is 6.07 Å². The van der Waals surface area contributed by atoms with Crippen LogP contribution in [0.15, 0.2) is 24.3 Å². The molecule has 1 aromatic rings. The van der Waals surface area contributed by atoms with Gasteiger partial charge in [0.25, 0.3) is 0 Å². The Hall–Kier alpha value is -1.33. The molecular formula is C13H18N2. The van der Waals surface area contributed by atoms with Gasteiger partial charge in [-0.3, -0.25) is 4.90 Å². The van der Waals surface area contributed by atoms with Crippen LogP contribution in [0.5, 0.6) is 0 Å². The van der Waals surface area contributed by atoms with Crippen molar-refractivity contribution in [1.29, 1.82) is 5.26 Å². The van der Waals surface area contributed by atoms with E-state index < -0.39 is 5.54 Å². The minimum absolute atomic E-state index is 0.421. The maximum Gasteiger partial charge on any atom is 0.109 e. The smallest absolute Gasteiger partial charge is 0.109 e. The third-order valence-corrected chi connectivity index (χ3v) is 2.90. The number of nitriles is 1. The van der Waals surface area contributed by atoms with Gasteiger partial charge in [0.2, 0.25) is 0 Å². The summed E-state index contributed by atoms with van der Waals surface area (Å²) in [5.41, 5.74) is 2.04. The van der Waals surface area contributed by atoms with Crippen LogP contribution in [-0.4, -0.2) is 24.5 Å². The van der Waals surface area contributed by atoms with Crippen molar-refractivity contribution in [1.82, 2.24) is 4.90 Å². The average Bonchev–Trinajstić information content (AvgIpc) is 2.21. The number of aryl methyl sites for hydroxylation is 1. The molecule has 0 fully saturated rings. The molecule has 0 aliphatic carbocycles. The molecule has 0 aromatic heterocycles. The SMILES string of the molecule is Cc1ccc(CC(C)(C#N)N(C)C)cc1. The predicted octanol–water partition coefficient (Wildman–Crippen LogP) is 2.38. The fourth-order valence-corrected chi connectivity index (χ4v) is 1.40. The van der Waals surface area contributed by atoms with Crippen molar-refractivity contribution in [3.05, 3.63) is 35.4 Å². The molecule has 2 nitrogen and oxygen atoms in total. The highest BCUT2D eigenvalue weighted by atomic mass is 15.1. The Labute approximate surface area is 92.1 Å². The number of nitrogens with zero attached hydrogens (tertiary/aromatic N) is 2. The van der Waals surface area contributed by atoms with Gasteiger partial charge in [0.1, 0.15) is 5.54 Å². The fourth-order valence-electron chi connectivity index (χ4n) is 1.40. The highest BCUT2D eigenvalue weighted by molar-refractivity contribution is 5.25. The zero-order chi connectivity index (χ0) is 11.5. The van der Waals surface area contributed by atoms with Gasteiger partial charge in [-0.15, -0.1) is 0 Å². The summed E-state index contributed by atoms with van der Waals surface area (Å²) >= 11 is 0. The number of rotatable bonds is 3. The van der Waals surface area contributed by atoms with Gasteiger partial charge < -0.3 is 0 Å². The van der Waals surface area contributed by atoms with Crippen molar-refractivity contribution in [3.63, 3.8) is 0 Å². The molecule has 0 saturated carbocycles. The lowest BCUT2D eigenvalue weighted by atomic mass is 9.93. The molecular weight excluding hydrogens is 184 g/mol. The molecule has 80 valence electrons. The van der Waals surface area contributed by atoms with E-state index in [0.29, 0.717) is 0 Å². The van der Waals surface area contributed by atoms with Gasteiger partial charge >= 0.3 is 0 Å². The predicted molar refractivity (Wildman–Crippen MR) is 62.6 cm³/mol. The molecule has 0 N–H and O–H groups in total. The van der Waals surface area contributed by atoms with Crippen LogP contribution >= 0.6 is 0 Å². The fraction of sp³-hybridized carbons (Fsp3) is 0.462. The molecule has 0 radical (unpaired) electrons. The van der Waals surface area contributed by atoms with Gasteiger partial charge in [0, 0.05) is 6.42 Å². The molecule has 1 unspecified atom stereocenters. The zero-order valence-corrected chi connectivity index (χ0v) is 9.91. The molecule has 1 rings (SSSR count). The van der Waals surface area contributed by atoms with E-state index in [1.807, 2.05) is 25.9 Å². The number of benzene rings is 1. The third kappa shape index (κ3) is 2.81. The van der Waals surface area contributed by atoms with E-state index in [0.717, 1.165) is 6.42 Å². The summed E-state index contributed by atoms with van der Waals surface area (Å²) in [4.78, 5) is 1.97. The second-order valence-corrected chi connectivity index (χ2v) is 4.44. The van der Waals surface area contributed by atoms with Gasteiger partial charge in [-0.1, -0.05) is 29.8 Å². The Morgan fingerprint density at radius 2 is 1.80 bits per heavy atom. The quantitative estimate of drug-likeness (QED) is 0.752. The highest BCUT2D eigenvalue weighted by Crippen LogP contribution is 2.17. The van der Waals surface area contributed by atoms with E-state index in [4.69, 9.17) is 0 Å². The van der Waals surface area contributed by atoms with Crippen LogP contribution in [0.2, 0.25) is 0 Å². The lowest BCUT2D eigenvalue weighted by molar-refractivity contribution is 0.237. The Kier molecular flexibility index (Phi) is 3.49. The van der Waals surface area contributed by atoms with E-state index >= 15 is 0 Å². The van der Waals surface area contributed by atoms with Gasteiger partial charge in [-0.05, 0) is 33.5 Å². The molecule has 0 amide bonds. The van der Waals surface area contributed by atoms with Crippen molar-refractivity contribution in [2.75, 3.05) is 14.1 Å². The monoisotopic (exact) mass is 202 g/mol. The number of likely N-dealkylation sites (N-methyl/N-ethyl adjacent to an activating group) is 1. The summed E-state index contributed by atoms with van der Waals surface area (Å²) < 4.78 is 0. The summed E-state index contributed by atoms with van der Waals surface area (Å²) in [6, 6.07) is 10.7. The highest BCUT2D eigenvalue weighted by Gasteiger charge is 2.26. The third-order valence-electron chi connectivity index (χ3n) is 2.90. The molecule has 0 aliphatic rings. The van der Waals surface area contributed by atoms with Gasteiger partial charge in [0.15, 0.2) is 0 Å². The minimum atomic E-state index is -0.421. The van der Waals surface area contributed by atoms with Crippen LogP contribution in [-0.2, 0) is 6.42 Å². The summed E-state index contributed by atoms with van der Waals surface area (Å²) in [6.45, 7) is 4.03. The molecule has 0 saturated heterocycles. The van der Waals surface area contributed by atoms with Crippen LogP contribution in [0.25, 0.3) is 0 Å². The molecule has 15 heavy (non-hydrogen) atoms.